The summed E-state index contributed by atoms with van der Waals surface area (Å²) in [7, 11) is 1.22. The molecule has 0 spiro atoms. The average molecular weight is 408 g/mol. The van der Waals surface area contributed by atoms with Crippen LogP contribution in [0.5, 0.6) is 0 Å². The molecule has 1 N–H and O–H groups in total. The molecular weight excluding hydrogens is 386 g/mol. The van der Waals surface area contributed by atoms with Gasteiger partial charge in [-0.15, -0.1) is 0 Å². The third kappa shape index (κ3) is 4.89. The minimum absolute atomic E-state index is 0.0458. The maximum Gasteiger partial charge on any atom is 0.413 e. The first-order chi connectivity index (χ1) is 13.0. The van der Waals surface area contributed by atoms with Gasteiger partial charge in [-0.3, -0.25) is 14.7 Å². The second kappa shape index (κ2) is 8.43. The van der Waals surface area contributed by atoms with E-state index in [1.54, 1.807) is 58.0 Å². The van der Waals surface area contributed by atoms with E-state index in [0.717, 1.165) is 4.57 Å². The summed E-state index contributed by atoms with van der Waals surface area (Å²) in [5.74, 6) is -1.02. The van der Waals surface area contributed by atoms with Crippen LogP contribution in [0.15, 0.2) is 35.1 Å². The largest absolute Gasteiger partial charge is 0.467 e. The number of benzene rings is 1. The first-order valence-electron chi connectivity index (χ1n) is 8.46. The molecule has 0 aliphatic rings. The van der Waals surface area contributed by atoms with Crippen LogP contribution in [-0.4, -0.2) is 34.3 Å². The van der Waals surface area contributed by atoms with Gasteiger partial charge in [0.05, 0.1) is 12.8 Å². The Morgan fingerprint density at radius 1 is 1.21 bits per heavy atom. The normalized spacial score (nSPS) is 12.2. The highest BCUT2D eigenvalue weighted by molar-refractivity contribution is 6.30. The van der Waals surface area contributed by atoms with Crippen molar-refractivity contribution in [2.45, 2.75) is 39.3 Å². The summed E-state index contributed by atoms with van der Waals surface area (Å²) in [5, 5.41) is 2.25. The van der Waals surface area contributed by atoms with Crippen LogP contribution in [-0.2, 0) is 14.3 Å². The van der Waals surface area contributed by atoms with Gasteiger partial charge in [-0.05, 0) is 33.3 Å². The number of anilines is 1. The first kappa shape index (κ1) is 21.4. The Morgan fingerprint density at radius 2 is 1.82 bits per heavy atom. The lowest BCUT2D eigenvalue weighted by Crippen LogP contribution is -2.37. The molecule has 0 aliphatic carbocycles. The molecule has 0 saturated carbocycles. The molecule has 0 bridgehead atoms. The van der Waals surface area contributed by atoms with Crippen LogP contribution < -0.4 is 10.9 Å². The zero-order valence-electron chi connectivity index (χ0n) is 16.3. The van der Waals surface area contributed by atoms with E-state index in [1.807, 2.05) is 0 Å². The number of amides is 1. The fourth-order valence-corrected chi connectivity index (χ4v) is 2.70. The summed E-state index contributed by atoms with van der Waals surface area (Å²) in [6.07, 6.45) is -0.863. The molecule has 1 aromatic heterocycles. The Kier molecular flexibility index (Phi) is 6.45. The highest BCUT2D eigenvalue weighted by Crippen LogP contribution is 2.23. The number of aromatic nitrogens is 2. The van der Waals surface area contributed by atoms with Crippen LogP contribution in [0, 0.1) is 6.92 Å². The standard InChI is InChI=1S/C19H22ClN3O5/c1-11-14(20)21-15(22-18(26)28-19(2,3)4)16(24)23(11)13(17(25)27-5)12-9-7-6-8-10-12/h6-10,13H,1-5H3,(H,21,22,26). The van der Waals surface area contributed by atoms with Crippen LogP contribution in [0.3, 0.4) is 0 Å². The van der Waals surface area contributed by atoms with E-state index in [-0.39, 0.29) is 16.7 Å². The highest BCUT2D eigenvalue weighted by Gasteiger charge is 2.29. The number of hydrogen-bond donors (Lipinski definition) is 1. The second-order valence-electron chi connectivity index (χ2n) is 6.98. The van der Waals surface area contributed by atoms with Gasteiger partial charge in [-0.25, -0.2) is 14.6 Å². The fraction of sp³-hybridized carbons (Fsp3) is 0.368. The Bertz CT molecular complexity index is 935. The smallest absolute Gasteiger partial charge is 0.413 e. The summed E-state index contributed by atoms with van der Waals surface area (Å²) in [6.45, 7) is 6.60. The van der Waals surface area contributed by atoms with Gasteiger partial charge in [0.15, 0.2) is 11.2 Å². The first-order valence-corrected chi connectivity index (χ1v) is 8.84. The molecule has 2 aromatic rings. The molecule has 150 valence electrons. The van der Waals surface area contributed by atoms with E-state index in [1.165, 1.54) is 7.11 Å². The molecule has 0 radical (unpaired) electrons. The number of halogens is 1. The van der Waals surface area contributed by atoms with E-state index in [2.05, 4.69) is 10.3 Å². The zero-order valence-corrected chi connectivity index (χ0v) is 17.0. The van der Waals surface area contributed by atoms with Crippen molar-refractivity contribution in [3.05, 3.63) is 57.1 Å². The van der Waals surface area contributed by atoms with Crippen LogP contribution in [0.4, 0.5) is 10.6 Å². The van der Waals surface area contributed by atoms with Crippen molar-refractivity contribution in [1.82, 2.24) is 9.55 Å². The maximum absolute atomic E-state index is 13.0. The molecule has 0 saturated heterocycles. The van der Waals surface area contributed by atoms with Crippen LogP contribution in [0.1, 0.15) is 38.1 Å². The van der Waals surface area contributed by atoms with Crippen molar-refractivity contribution in [3.8, 4) is 0 Å². The third-order valence-electron chi connectivity index (χ3n) is 3.71. The molecule has 28 heavy (non-hydrogen) atoms. The minimum Gasteiger partial charge on any atom is -0.467 e. The topological polar surface area (TPSA) is 99.5 Å². The van der Waals surface area contributed by atoms with Gasteiger partial charge in [0.1, 0.15) is 5.60 Å². The maximum atomic E-state index is 13.0. The van der Waals surface area contributed by atoms with Crippen LogP contribution in [0.25, 0.3) is 0 Å². The molecule has 1 aromatic carbocycles. The molecule has 8 nitrogen and oxygen atoms in total. The number of hydrogen-bond acceptors (Lipinski definition) is 6. The Hall–Kier alpha value is -2.87. The predicted molar refractivity (Wildman–Crippen MR) is 105 cm³/mol. The quantitative estimate of drug-likeness (QED) is 0.780. The van der Waals surface area contributed by atoms with Crippen LogP contribution in [0.2, 0.25) is 5.15 Å². The van der Waals surface area contributed by atoms with Gasteiger partial charge in [-0.2, -0.15) is 0 Å². The molecule has 1 atom stereocenters. The van der Waals surface area contributed by atoms with Gasteiger partial charge >= 0.3 is 12.1 Å². The Labute approximate surface area is 167 Å². The number of rotatable bonds is 4. The monoisotopic (exact) mass is 407 g/mol. The summed E-state index contributed by atoms with van der Waals surface area (Å²) < 4.78 is 11.2. The van der Waals surface area contributed by atoms with E-state index < -0.39 is 29.3 Å². The highest BCUT2D eigenvalue weighted by atomic mass is 35.5. The number of carbonyl (C=O) groups is 2. The van der Waals surface area contributed by atoms with Crippen molar-refractivity contribution in [1.29, 1.82) is 0 Å². The van der Waals surface area contributed by atoms with Gasteiger partial charge in [-0.1, -0.05) is 41.9 Å². The van der Waals surface area contributed by atoms with E-state index in [4.69, 9.17) is 21.1 Å². The molecule has 1 unspecified atom stereocenters. The second-order valence-corrected chi connectivity index (χ2v) is 7.33. The van der Waals surface area contributed by atoms with E-state index >= 15 is 0 Å². The van der Waals surface area contributed by atoms with Crippen molar-refractivity contribution < 1.29 is 19.1 Å². The third-order valence-corrected chi connectivity index (χ3v) is 4.07. The molecule has 1 amide bonds. The summed E-state index contributed by atoms with van der Waals surface area (Å²) >= 11 is 6.17. The Balaban J connectivity index is 2.59. The predicted octanol–water partition coefficient (Wildman–Crippen LogP) is 3.31. The molecule has 2 rings (SSSR count). The lowest BCUT2D eigenvalue weighted by atomic mass is 10.1. The van der Waals surface area contributed by atoms with Crippen molar-refractivity contribution in [2.75, 3.05) is 12.4 Å². The van der Waals surface area contributed by atoms with Gasteiger partial charge in [0, 0.05) is 0 Å². The summed E-state index contributed by atoms with van der Waals surface area (Å²) in [6, 6.07) is 7.51. The fourth-order valence-electron chi connectivity index (χ4n) is 2.52. The van der Waals surface area contributed by atoms with E-state index in [9.17, 15) is 14.4 Å². The van der Waals surface area contributed by atoms with Gasteiger partial charge < -0.3 is 9.47 Å². The van der Waals surface area contributed by atoms with Crippen molar-refractivity contribution in [3.63, 3.8) is 0 Å². The van der Waals surface area contributed by atoms with Crippen molar-refractivity contribution >= 4 is 29.5 Å². The minimum atomic E-state index is -1.10. The zero-order chi connectivity index (χ0) is 21.1. The summed E-state index contributed by atoms with van der Waals surface area (Å²) in [4.78, 5) is 41.5. The molecule has 1 heterocycles. The van der Waals surface area contributed by atoms with Gasteiger partial charge in [0.2, 0.25) is 5.82 Å². The number of nitrogens with one attached hydrogen (secondary N) is 1. The lowest BCUT2D eigenvalue weighted by Gasteiger charge is -2.22. The number of esters is 1. The average Bonchev–Trinajstić information content (AvgIpc) is 2.61. The van der Waals surface area contributed by atoms with Crippen molar-refractivity contribution in [2.24, 2.45) is 0 Å². The summed E-state index contributed by atoms with van der Waals surface area (Å²) in [5.41, 5.74) is -0.714. The number of ether oxygens (including phenoxy) is 2. The molecule has 0 aliphatic heterocycles. The van der Waals surface area contributed by atoms with E-state index in [0.29, 0.717) is 5.56 Å². The molecular formula is C19H22ClN3O5. The number of carbonyl (C=O) groups excluding carboxylic acids is 2. The Morgan fingerprint density at radius 3 is 2.36 bits per heavy atom. The van der Waals surface area contributed by atoms with Gasteiger partial charge in [0.25, 0.3) is 5.56 Å². The number of methoxy groups -OCH3 is 1. The lowest BCUT2D eigenvalue weighted by molar-refractivity contribution is -0.143. The number of nitrogens with zero attached hydrogens (tertiary/aromatic N) is 2. The molecule has 9 heteroatoms. The van der Waals surface area contributed by atoms with Crippen LogP contribution >= 0.6 is 11.6 Å². The molecule has 0 fully saturated rings. The SMILES string of the molecule is COC(=O)C(c1ccccc1)n1c(C)c(Cl)nc(NC(=O)OC(C)(C)C)c1=O.